The first-order valence-corrected chi connectivity index (χ1v) is 20.9. The van der Waals surface area contributed by atoms with Gasteiger partial charge in [0.2, 0.25) is 0 Å². The minimum absolute atomic E-state index is 1.09. The Hall–Kier alpha value is -7.60. The van der Waals surface area contributed by atoms with Crippen molar-refractivity contribution in [1.29, 1.82) is 0 Å². The van der Waals surface area contributed by atoms with Gasteiger partial charge in [0.05, 0.1) is 43.5 Å². The van der Waals surface area contributed by atoms with Crippen LogP contribution in [0.15, 0.2) is 206 Å². The summed E-state index contributed by atoms with van der Waals surface area (Å²) in [4.78, 5) is 4.76. The molecular formula is C54H34N4S. The average Bonchev–Trinajstić information content (AvgIpc) is 3.95. The van der Waals surface area contributed by atoms with Crippen LogP contribution in [0.2, 0.25) is 0 Å². The zero-order valence-electron chi connectivity index (χ0n) is 31.8. The van der Waals surface area contributed by atoms with Crippen molar-refractivity contribution in [2.75, 3.05) is 9.80 Å². The fourth-order valence-electron chi connectivity index (χ4n) is 9.74. The predicted molar refractivity (Wildman–Crippen MR) is 252 cm³/mol. The molecule has 0 spiro atoms. The summed E-state index contributed by atoms with van der Waals surface area (Å²) in [6.45, 7) is 0. The van der Waals surface area contributed by atoms with Gasteiger partial charge in [0.1, 0.15) is 0 Å². The van der Waals surface area contributed by atoms with Gasteiger partial charge in [0, 0.05) is 65.5 Å². The van der Waals surface area contributed by atoms with E-state index in [-0.39, 0.29) is 0 Å². The highest BCUT2D eigenvalue weighted by atomic mass is 32.1. The molecule has 276 valence electrons. The van der Waals surface area contributed by atoms with Crippen molar-refractivity contribution in [3.8, 4) is 0 Å². The first kappa shape index (κ1) is 32.5. The van der Waals surface area contributed by atoms with Crippen LogP contribution in [-0.4, -0.2) is 8.80 Å². The number of thiophene rings is 1. The highest BCUT2D eigenvalue weighted by molar-refractivity contribution is 7.26. The smallest absolute Gasteiger partial charge is 0.0783 e. The zero-order valence-corrected chi connectivity index (χ0v) is 32.6. The molecule has 0 N–H and O–H groups in total. The van der Waals surface area contributed by atoms with Gasteiger partial charge in [-0.25, -0.2) is 0 Å². The third-order valence-electron chi connectivity index (χ3n) is 12.1. The zero-order chi connectivity index (χ0) is 38.6. The van der Waals surface area contributed by atoms with Gasteiger partial charge >= 0.3 is 0 Å². The van der Waals surface area contributed by atoms with Crippen LogP contribution in [0.3, 0.4) is 0 Å². The molecule has 4 aromatic heterocycles. The number of anilines is 6. The predicted octanol–water partition coefficient (Wildman–Crippen LogP) is 15.6. The molecule has 0 aliphatic rings. The lowest BCUT2D eigenvalue weighted by Gasteiger charge is -2.29. The van der Waals surface area contributed by atoms with Crippen LogP contribution in [0.5, 0.6) is 0 Å². The van der Waals surface area contributed by atoms with Crippen molar-refractivity contribution >= 4 is 120 Å². The Labute approximate surface area is 343 Å². The molecule has 0 radical (unpaired) electrons. The van der Waals surface area contributed by atoms with Crippen molar-refractivity contribution in [1.82, 2.24) is 8.80 Å². The molecule has 13 aromatic rings. The Morgan fingerprint density at radius 1 is 0.305 bits per heavy atom. The summed E-state index contributed by atoms with van der Waals surface area (Å²) in [5, 5.41) is 7.68. The topological polar surface area (TPSA) is 15.3 Å². The largest absolute Gasteiger partial charge is 0.310 e. The molecule has 0 fully saturated rings. The van der Waals surface area contributed by atoms with Crippen molar-refractivity contribution in [2.24, 2.45) is 0 Å². The maximum atomic E-state index is 2.53. The lowest BCUT2D eigenvalue weighted by atomic mass is 10.1. The Bertz CT molecular complexity index is 3690. The standard InChI is InChI=1S/C54H34N4S/c1-4-16-35(17-5-1)55(36-18-6-2-7-19-36)38-22-12-23-39(32-38)56(37-20-8-3-9-21-37)49-31-15-27-43-45-33-50-44(34-51(45)59-54(43)49)42-26-14-29-47-53(42)58(50)48-30-13-25-41-40-24-10-11-28-46(40)57(47)52(41)48/h1-34H. The summed E-state index contributed by atoms with van der Waals surface area (Å²) in [5.41, 5.74) is 14.2. The number of hydrogen-bond acceptors (Lipinski definition) is 3. The van der Waals surface area contributed by atoms with Gasteiger partial charge in [0.15, 0.2) is 0 Å². The third kappa shape index (κ3) is 4.65. The molecular weight excluding hydrogens is 737 g/mol. The molecule has 0 amide bonds. The Morgan fingerprint density at radius 2 is 0.780 bits per heavy atom. The van der Waals surface area contributed by atoms with E-state index in [1.165, 1.54) is 74.8 Å². The second kappa shape index (κ2) is 12.4. The van der Waals surface area contributed by atoms with E-state index in [1.807, 2.05) is 11.3 Å². The molecule has 0 saturated carbocycles. The van der Waals surface area contributed by atoms with Crippen LogP contribution in [0, 0.1) is 0 Å². The van der Waals surface area contributed by atoms with Gasteiger partial charge in [0.25, 0.3) is 0 Å². The van der Waals surface area contributed by atoms with Crippen LogP contribution in [0.4, 0.5) is 34.1 Å². The van der Waals surface area contributed by atoms with Crippen molar-refractivity contribution in [3.63, 3.8) is 0 Å². The van der Waals surface area contributed by atoms with Crippen LogP contribution in [-0.2, 0) is 0 Å². The minimum atomic E-state index is 1.09. The minimum Gasteiger partial charge on any atom is -0.310 e. The molecule has 0 aliphatic heterocycles. The molecule has 13 rings (SSSR count). The Kier molecular flexibility index (Phi) is 6.85. The van der Waals surface area contributed by atoms with Crippen LogP contribution in [0.25, 0.3) is 74.8 Å². The molecule has 59 heavy (non-hydrogen) atoms. The second-order valence-corrected chi connectivity index (χ2v) is 16.4. The molecule has 0 unspecified atom stereocenters. The molecule has 9 aromatic carbocycles. The number of aromatic nitrogens is 2. The first-order chi connectivity index (χ1) is 29.3. The lowest BCUT2D eigenvalue weighted by molar-refractivity contribution is 1.26. The normalized spacial score (nSPS) is 12.1. The van der Waals surface area contributed by atoms with Crippen molar-refractivity contribution in [2.45, 2.75) is 0 Å². The summed E-state index contributed by atoms with van der Waals surface area (Å²) < 4.78 is 7.56. The molecule has 0 aliphatic carbocycles. The molecule has 4 nitrogen and oxygen atoms in total. The van der Waals surface area contributed by atoms with Crippen molar-refractivity contribution in [3.05, 3.63) is 206 Å². The van der Waals surface area contributed by atoms with Crippen LogP contribution in [0.1, 0.15) is 0 Å². The average molecular weight is 771 g/mol. The van der Waals surface area contributed by atoms with E-state index in [4.69, 9.17) is 0 Å². The van der Waals surface area contributed by atoms with Crippen molar-refractivity contribution < 1.29 is 0 Å². The SMILES string of the molecule is c1ccc(N(c2ccccc2)c2cccc(N(c3ccccc3)c3cccc4c3sc3cc5c6cccc7c6n(c5cc34)c3cccc4c5ccccc5n7c43)c2)cc1. The monoisotopic (exact) mass is 770 g/mol. The summed E-state index contributed by atoms with van der Waals surface area (Å²) in [6.07, 6.45) is 0. The Morgan fingerprint density at radius 3 is 1.46 bits per heavy atom. The first-order valence-electron chi connectivity index (χ1n) is 20.1. The van der Waals surface area contributed by atoms with E-state index < -0.39 is 0 Å². The third-order valence-corrected chi connectivity index (χ3v) is 13.3. The van der Waals surface area contributed by atoms with E-state index in [0.29, 0.717) is 0 Å². The summed E-state index contributed by atoms with van der Waals surface area (Å²) in [6, 6.07) is 75.1. The lowest BCUT2D eigenvalue weighted by Crippen LogP contribution is -2.13. The van der Waals surface area contributed by atoms with E-state index in [2.05, 4.69) is 225 Å². The molecule has 0 bridgehead atoms. The number of hydrogen-bond donors (Lipinski definition) is 0. The molecule has 0 saturated heterocycles. The maximum absolute atomic E-state index is 2.53. The van der Waals surface area contributed by atoms with Gasteiger partial charge in [-0.05, 0) is 91.0 Å². The van der Waals surface area contributed by atoms with Gasteiger partial charge in [-0.3, -0.25) is 0 Å². The fraction of sp³-hybridized carbons (Fsp3) is 0. The number of benzene rings is 9. The molecule has 5 heteroatoms. The van der Waals surface area contributed by atoms with E-state index in [0.717, 1.165) is 34.1 Å². The van der Waals surface area contributed by atoms with Gasteiger partial charge in [-0.1, -0.05) is 115 Å². The second-order valence-electron chi connectivity index (χ2n) is 15.4. The summed E-state index contributed by atoms with van der Waals surface area (Å²) in [7, 11) is 0. The van der Waals surface area contributed by atoms with Crippen LogP contribution < -0.4 is 9.80 Å². The quantitative estimate of drug-likeness (QED) is 0.157. The highest BCUT2D eigenvalue weighted by Gasteiger charge is 2.24. The number of nitrogens with zero attached hydrogens (tertiary/aromatic N) is 4. The van der Waals surface area contributed by atoms with Crippen LogP contribution >= 0.6 is 11.3 Å². The van der Waals surface area contributed by atoms with Gasteiger partial charge in [-0.2, -0.15) is 0 Å². The summed E-state index contributed by atoms with van der Waals surface area (Å²) in [5.74, 6) is 0. The number of fused-ring (bicyclic) bond motifs is 11. The van der Waals surface area contributed by atoms with Gasteiger partial charge < -0.3 is 18.6 Å². The Balaban J connectivity index is 1.05. The van der Waals surface area contributed by atoms with E-state index >= 15 is 0 Å². The fourth-order valence-corrected chi connectivity index (χ4v) is 11.0. The molecule has 0 atom stereocenters. The van der Waals surface area contributed by atoms with Gasteiger partial charge in [-0.15, -0.1) is 11.3 Å². The van der Waals surface area contributed by atoms with E-state index in [9.17, 15) is 0 Å². The molecule has 4 heterocycles. The van der Waals surface area contributed by atoms with E-state index in [1.54, 1.807) is 0 Å². The summed E-state index contributed by atoms with van der Waals surface area (Å²) >= 11 is 1.89. The number of para-hydroxylation sites is 6. The maximum Gasteiger partial charge on any atom is 0.0783 e. The number of rotatable bonds is 6. The highest BCUT2D eigenvalue weighted by Crippen LogP contribution is 2.48.